The van der Waals surface area contributed by atoms with E-state index in [2.05, 4.69) is 6.07 Å². The second kappa shape index (κ2) is 3.49. The van der Waals surface area contributed by atoms with Crippen LogP contribution in [0.3, 0.4) is 0 Å². The van der Waals surface area contributed by atoms with Crippen molar-refractivity contribution in [3.8, 4) is 6.07 Å². The number of hydrogen-bond donors (Lipinski definition) is 0. The first-order chi connectivity index (χ1) is 6.31. The topological polar surface area (TPSA) is 40.9 Å². The highest BCUT2D eigenvalue weighted by Gasteiger charge is 2.36. The van der Waals surface area contributed by atoms with E-state index in [1.807, 2.05) is 0 Å². The van der Waals surface area contributed by atoms with Crippen LogP contribution in [-0.4, -0.2) is 5.78 Å². The summed E-state index contributed by atoms with van der Waals surface area (Å²) in [6, 6.07) is 2.14. The van der Waals surface area contributed by atoms with Crippen LogP contribution in [0.5, 0.6) is 0 Å². The van der Waals surface area contributed by atoms with Crippen LogP contribution in [0.2, 0.25) is 0 Å². The molecule has 0 N–H and O–H groups in total. The standard InChI is InChI=1S/C11H15NO/c12-7-10-5-8-3-1-2-4-9(8)6-11(10)13/h8-10H,1-6H2/t8-,9-,10-/m1/s1. The van der Waals surface area contributed by atoms with Gasteiger partial charge in [0.15, 0.2) is 0 Å². The zero-order valence-corrected chi connectivity index (χ0v) is 7.83. The van der Waals surface area contributed by atoms with Crippen molar-refractivity contribution in [2.75, 3.05) is 0 Å². The molecule has 0 radical (unpaired) electrons. The minimum atomic E-state index is -0.278. The summed E-state index contributed by atoms with van der Waals surface area (Å²) in [6.45, 7) is 0. The molecule has 0 heterocycles. The number of hydrogen-bond acceptors (Lipinski definition) is 2. The predicted molar refractivity (Wildman–Crippen MR) is 48.8 cm³/mol. The second-order valence-electron chi connectivity index (χ2n) is 4.39. The second-order valence-corrected chi connectivity index (χ2v) is 4.39. The number of rotatable bonds is 0. The number of carbonyl (C=O) groups excluding carboxylic acids is 1. The fourth-order valence-corrected chi connectivity index (χ4v) is 2.82. The van der Waals surface area contributed by atoms with Crippen LogP contribution in [0.25, 0.3) is 0 Å². The van der Waals surface area contributed by atoms with Gasteiger partial charge in [-0.15, -0.1) is 0 Å². The van der Waals surface area contributed by atoms with E-state index in [9.17, 15) is 4.79 Å². The molecule has 2 saturated carbocycles. The molecular formula is C11H15NO. The van der Waals surface area contributed by atoms with Crippen LogP contribution in [0.1, 0.15) is 38.5 Å². The summed E-state index contributed by atoms with van der Waals surface area (Å²) >= 11 is 0. The summed E-state index contributed by atoms with van der Waals surface area (Å²) < 4.78 is 0. The number of ketones is 1. The fraction of sp³-hybridized carbons (Fsp3) is 0.818. The highest BCUT2D eigenvalue weighted by atomic mass is 16.1. The molecule has 0 unspecified atom stereocenters. The summed E-state index contributed by atoms with van der Waals surface area (Å²) in [6.07, 6.45) is 6.58. The largest absolute Gasteiger partial charge is 0.298 e. The van der Waals surface area contributed by atoms with Crippen LogP contribution in [0.15, 0.2) is 0 Å². The first kappa shape index (κ1) is 8.74. The van der Waals surface area contributed by atoms with E-state index in [0.29, 0.717) is 18.3 Å². The van der Waals surface area contributed by atoms with Crippen molar-refractivity contribution in [3.63, 3.8) is 0 Å². The van der Waals surface area contributed by atoms with Gasteiger partial charge >= 0.3 is 0 Å². The molecule has 2 nitrogen and oxygen atoms in total. The van der Waals surface area contributed by atoms with Gasteiger partial charge in [-0.25, -0.2) is 0 Å². The maximum atomic E-state index is 11.5. The molecule has 3 atom stereocenters. The molecule has 0 aromatic heterocycles. The molecule has 2 rings (SSSR count). The molecule has 0 aromatic rings. The van der Waals surface area contributed by atoms with Crippen molar-refractivity contribution in [3.05, 3.63) is 0 Å². The SMILES string of the molecule is N#C[C@H]1C[C@H]2CCCC[C@@H]2CC1=O. The molecule has 0 spiro atoms. The number of nitriles is 1. The van der Waals surface area contributed by atoms with Gasteiger partial charge in [0.05, 0.1) is 6.07 Å². The van der Waals surface area contributed by atoms with Gasteiger partial charge in [-0.05, 0) is 24.7 Å². The summed E-state index contributed by atoms with van der Waals surface area (Å²) in [5.41, 5.74) is 0. The van der Waals surface area contributed by atoms with Crippen molar-refractivity contribution in [1.29, 1.82) is 5.26 Å². The molecule has 0 bridgehead atoms. The first-order valence-corrected chi connectivity index (χ1v) is 5.23. The summed E-state index contributed by atoms with van der Waals surface area (Å²) in [4.78, 5) is 11.5. The van der Waals surface area contributed by atoms with E-state index in [0.717, 1.165) is 6.42 Å². The Balaban J connectivity index is 2.06. The lowest BCUT2D eigenvalue weighted by Gasteiger charge is -2.36. The normalized spacial score (nSPS) is 39.3. The third-order valence-corrected chi connectivity index (χ3v) is 3.61. The number of fused-ring (bicyclic) bond motifs is 1. The van der Waals surface area contributed by atoms with E-state index in [4.69, 9.17) is 5.26 Å². The van der Waals surface area contributed by atoms with Crippen molar-refractivity contribution < 1.29 is 4.79 Å². The molecule has 2 aliphatic rings. The number of nitrogens with zero attached hydrogens (tertiary/aromatic N) is 1. The van der Waals surface area contributed by atoms with E-state index in [1.54, 1.807) is 0 Å². The maximum Gasteiger partial charge on any atom is 0.150 e. The van der Waals surface area contributed by atoms with Crippen molar-refractivity contribution in [2.45, 2.75) is 38.5 Å². The van der Waals surface area contributed by atoms with Gasteiger partial charge in [0.1, 0.15) is 11.7 Å². The van der Waals surface area contributed by atoms with Gasteiger partial charge in [0.25, 0.3) is 0 Å². The van der Waals surface area contributed by atoms with E-state index < -0.39 is 0 Å². The lowest BCUT2D eigenvalue weighted by Crippen LogP contribution is -2.33. The monoisotopic (exact) mass is 177 g/mol. The van der Waals surface area contributed by atoms with Gasteiger partial charge in [-0.1, -0.05) is 19.3 Å². The van der Waals surface area contributed by atoms with Crippen LogP contribution in [-0.2, 0) is 4.79 Å². The van der Waals surface area contributed by atoms with Crippen molar-refractivity contribution in [1.82, 2.24) is 0 Å². The van der Waals surface area contributed by atoms with Crippen LogP contribution < -0.4 is 0 Å². The van der Waals surface area contributed by atoms with Crippen molar-refractivity contribution >= 4 is 5.78 Å². The summed E-state index contributed by atoms with van der Waals surface area (Å²) in [5, 5.41) is 8.78. The predicted octanol–water partition coefficient (Wildman–Crippen LogP) is 2.30. The average molecular weight is 177 g/mol. The molecule has 13 heavy (non-hydrogen) atoms. The van der Waals surface area contributed by atoms with Crippen LogP contribution in [0, 0.1) is 29.1 Å². The van der Waals surface area contributed by atoms with E-state index in [1.165, 1.54) is 25.7 Å². The van der Waals surface area contributed by atoms with E-state index >= 15 is 0 Å². The van der Waals surface area contributed by atoms with Gasteiger partial charge in [0.2, 0.25) is 0 Å². The Morgan fingerprint density at radius 1 is 1.23 bits per heavy atom. The van der Waals surface area contributed by atoms with Gasteiger partial charge in [-0.2, -0.15) is 5.26 Å². The molecule has 70 valence electrons. The van der Waals surface area contributed by atoms with E-state index in [-0.39, 0.29) is 11.7 Å². The average Bonchev–Trinajstić information content (AvgIpc) is 2.17. The number of Topliss-reactive ketones (excluding diaryl/α,β-unsaturated/α-hetero) is 1. The van der Waals surface area contributed by atoms with Gasteiger partial charge in [0, 0.05) is 6.42 Å². The fourth-order valence-electron chi connectivity index (χ4n) is 2.82. The molecule has 2 aliphatic carbocycles. The highest BCUT2D eigenvalue weighted by Crippen LogP contribution is 2.40. The Hall–Kier alpha value is -0.840. The quantitative estimate of drug-likeness (QED) is 0.569. The summed E-state index contributed by atoms with van der Waals surface area (Å²) in [7, 11) is 0. The zero-order chi connectivity index (χ0) is 9.26. The van der Waals surface area contributed by atoms with Gasteiger partial charge < -0.3 is 0 Å². The molecule has 0 aromatic carbocycles. The molecule has 0 saturated heterocycles. The third-order valence-electron chi connectivity index (χ3n) is 3.61. The lowest BCUT2D eigenvalue weighted by atomic mass is 9.67. The molecule has 0 amide bonds. The Bertz CT molecular complexity index is 253. The molecule has 0 aliphatic heterocycles. The Kier molecular flexibility index (Phi) is 2.35. The maximum absolute atomic E-state index is 11.5. The zero-order valence-electron chi connectivity index (χ0n) is 7.83. The molecular weight excluding hydrogens is 162 g/mol. The minimum Gasteiger partial charge on any atom is -0.298 e. The lowest BCUT2D eigenvalue weighted by molar-refractivity contribution is -0.126. The first-order valence-electron chi connectivity index (χ1n) is 5.23. The summed E-state index contributed by atoms with van der Waals surface area (Å²) in [5.74, 6) is 1.21. The molecule has 2 fully saturated rings. The molecule has 2 heteroatoms. The Morgan fingerprint density at radius 2 is 1.92 bits per heavy atom. The van der Waals surface area contributed by atoms with Crippen LogP contribution >= 0.6 is 0 Å². The van der Waals surface area contributed by atoms with Gasteiger partial charge in [-0.3, -0.25) is 4.79 Å². The Morgan fingerprint density at radius 3 is 2.62 bits per heavy atom. The number of carbonyl (C=O) groups is 1. The smallest absolute Gasteiger partial charge is 0.150 e. The van der Waals surface area contributed by atoms with Crippen molar-refractivity contribution in [2.24, 2.45) is 17.8 Å². The van der Waals surface area contributed by atoms with Crippen LogP contribution in [0.4, 0.5) is 0 Å². The third kappa shape index (κ3) is 1.60. The minimum absolute atomic E-state index is 0.200. The Labute approximate surface area is 78.9 Å². The highest BCUT2D eigenvalue weighted by molar-refractivity contribution is 5.84.